The molecule has 0 heterocycles. The highest BCUT2D eigenvalue weighted by molar-refractivity contribution is 7.93. The number of nitrogens with one attached hydrogen (secondary N) is 1. The molecule has 0 amide bonds. The summed E-state index contributed by atoms with van der Waals surface area (Å²) in [5.41, 5.74) is 0.377. The molecule has 1 unspecified atom stereocenters. The van der Waals surface area contributed by atoms with Gasteiger partial charge in [0.25, 0.3) is 0 Å². The molecule has 1 aromatic rings. The number of halogens is 1. The van der Waals surface area contributed by atoms with E-state index in [0.717, 1.165) is 6.07 Å². The normalized spacial score (nSPS) is 12.8. The summed E-state index contributed by atoms with van der Waals surface area (Å²) >= 11 is 0. The number of para-hydroxylation sites is 1. The van der Waals surface area contributed by atoms with E-state index in [1.807, 2.05) is 0 Å². The lowest BCUT2D eigenvalue weighted by molar-refractivity contribution is 0.590. The Labute approximate surface area is 100 Å². The molecule has 1 N–H and O–H groups in total. The number of rotatable bonds is 4. The van der Waals surface area contributed by atoms with Crippen LogP contribution in [0.3, 0.4) is 0 Å². The standard InChI is InChI=1S/C11H13FN2O2S/c1-3-9(7-13)17(15,16)14-11-8(2)5-4-6-10(11)12/h4-6,9,14H,3H2,1-2H3. The molecule has 0 aliphatic rings. The van der Waals surface area contributed by atoms with Gasteiger partial charge in [-0.1, -0.05) is 19.1 Å². The number of sulfonamides is 1. The minimum atomic E-state index is -3.87. The van der Waals surface area contributed by atoms with Crippen molar-refractivity contribution >= 4 is 15.7 Å². The number of hydrogen-bond acceptors (Lipinski definition) is 3. The molecule has 1 rings (SSSR count). The quantitative estimate of drug-likeness (QED) is 0.897. The van der Waals surface area contributed by atoms with Crippen molar-refractivity contribution in [2.45, 2.75) is 25.5 Å². The monoisotopic (exact) mass is 256 g/mol. The summed E-state index contributed by atoms with van der Waals surface area (Å²) in [6, 6.07) is 5.92. The van der Waals surface area contributed by atoms with Crippen LogP contribution in [0.4, 0.5) is 10.1 Å². The Kier molecular flexibility index (Phi) is 4.07. The highest BCUT2D eigenvalue weighted by Crippen LogP contribution is 2.21. The molecule has 4 nitrogen and oxygen atoms in total. The zero-order valence-corrected chi connectivity index (χ0v) is 10.4. The second kappa shape index (κ2) is 5.15. The van der Waals surface area contributed by atoms with E-state index in [0.29, 0.717) is 5.56 Å². The fourth-order valence-corrected chi connectivity index (χ4v) is 2.62. The molecule has 0 fully saturated rings. The molecule has 17 heavy (non-hydrogen) atoms. The molecule has 0 spiro atoms. The lowest BCUT2D eigenvalue weighted by Gasteiger charge is -2.13. The lowest BCUT2D eigenvalue weighted by Crippen LogP contribution is -2.26. The van der Waals surface area contributed by atoms with Gasteiger partial charge in [0.05, 0.1) is 11.8 Å². The van der Waals surface area contributed by atoms with Crippen molar-refractivity contribution in [3.05, 3.63) is 29.6 Å². The van der Waals surface area contributed by atoms with Crippen LogP contribution < -0.4 is 4.72 Å². The summed E-state index contributed by atoms with van der Waals surface area (Å²) in [5, 5.41) is 7.54. The van der Waals surface area contributed by atoms with E-state index in [2.05, 4.69) is 4.72 Å². The first-order chi connectivity index (χ1) is 7.92. The average molecular weight is 256 g/mol. The molecule has 0 aliphatic carbocycles. The maximum atomic E-state index is 13.4. The largest absolute Gasteiger partial charge is 0.279 e. The maximum Gasteiger partial charge on any atom is 0.249 e. The summed E-state index contributed by atoms with van der Waals surface area (Å²) in [5.74, 6) is -0.652. The molecule has 1 aromatic carbocycles. The molecular weight excluding hydrogens is 243 g/mol. The van der Waals surface area contributed by atoms with Crippen LogP contribution in [0.25, 0.3) is 0 Å². The van der Waals surface area contributed by atoms with Crippen LogP contribution in [0, 0.1) is 24.1 Å². The van der Waals surface area contributed by atoms with Gasteiger partial charge in [0.1, 0.15) is 5.82 Å². The highest BCUT2D eigenvalue weighted by Gasteiger charge is 2.24. The van der Waals surface area contributed by atoms with Crippen molar-refractivity contribution in [2.75, 3.05) is 4.72 Å². The molecular formula is C11H13FN2O2S. The van der Waals surface area contributed by atoms with Gasteiger partial charge in [-0.15, -0.1) is 0 Å². The van der Waals surface area contributed by atoms with Crippen LogP contribution in [0.15, 0.2) is 18.2 Å². The summed E-state index contributed by atoms with van der Waals surface area (Å²) in [7, 11) is -3.87. The third kappa shape index (κ3) is 2.94. The number of benzene rings is 1. The number of nitrogens with zero attached hydrogens (tertiary/aromatic N) is 1. The Morgan fingerprint density at radius 2 is 2.18 bits per heavy atom. The molecule has 0 saturated carbocycles. The first kappa shape index (κ1) is 13.5. The zero-order valence-electron chi connectivity index (χ0n) is 9.57. The summed E-state index contributed by atoms with van der Waals surface area (Å²) in [6.45, 7) is 3.18. The number of nitriles is 1. The molecule has 0 saturated heterocycles. The molecule has 0 aromatic heterocycles. The maximum absolute atomic E-state index is 13.4. The van der Waals surface area contributed by atoms with Crippen LogP contribution in [-0.2, 0) is 10.0 Å². The lowest BCUT2D eigenvalue weighted by atomic mass is 10.2. The number of hydrogen-bond donors (Lipinski definition) is 1. The van der Waals surface area contributed by atoms with Gasteiger partial charge in [-0.2, -0.15) is 5.26 Å². The van der Waals surface area contributed by atoms with Crippen LogP contribution in [0.2, 0.25) is 0 Å². The minimum absolute atomic E-state index is 0.0961. The third-order valence-corrected chi connectivity index (χ3v) is 4.03. The Morgan fingerprint density at radius 3 is 2.65 bits per heavy atom. The second-order valence-corrected chi connectivity index (χ2v) is 5.47. The van der Waals surface area contributed by atoms with Crippen LogP contribution in [0.5, 0.6) is 0 Å². The van der Waals surface area contributed by atoms with E-state index in [4.69, 9.17) is 5.26 Å². The number of aryl methyl sites for hydroxylation is 1. The van der Waals surface area contributed by atoms with Crippen LogP contribution >= 0.6 is 0 Å². The Morgan fingerprint density at radius 1 is 1.53 bits per heavy atom. The summed E-state index contributed by atoms with van der Waals surface area (Å²) < 4.78 is 39.1. The van der Waals surface area contributed by atoms with E-state index in [1.165, 1.54) is 6.07 Å². The second-order valence-electron chi connectivity index (χ2n) is 3.60. The first-order valence-electron chi connectivity index (χ1n) is 5.08. The fraction of sp³-hybridized carbons (Fsp3) is 0.364. The van der Waals surface area contributed by atoms with E-state index in [9.17, 15) is 12.8 Å². The SMILES string of the molecule is CCC(C#N)S(=O)(=O)Nc1c(C)cccc1F. The van der Waals surface area contributed by atoms with Gasteiger partial charge in [-0.3, -0.25) is 4.72 Å². The third-order valence-electron chi connectivity index (χ3n) is 2.36. The van der Waals surface area contributed by atoms with E-state index < -0.39 is 21.1 Å². The summed E-state index contributed by atoms with van der Waals surface area (Å²) in [6.07, 6.45) is 0.152. The van der Waals surface area contributed by atoms with Crippen molar-refractivity contribution < 1.29 is 12.8 Å². The van der Waals surface area contributed by atoms with E-state index in [1.54, 1.807) is 26.0 Å². The molecule has 0 aliphatic heterocycles. The predicted octanol–water partition coefficient (Wildman–Crippen LogP) is 2.18. The predicted molar refractivity (Wildman–Crippen MR) is 63.4 cm³/mol. The van der Waals surface area contributed by atoms with Gasteiger partial charge in [-0.05, 0) is 25.0 Å². The highest BCUT2D eigenvalue weighted by atomic mass is 32.2. The van der Waals surface area contributed by atoms with E-state index >= 15 is 0 Å². The van der Waals surface area contributed by atoms with Gasteiger partial charge in [-0.25, -0.2) is 12.8 Å². The molecule has 0 bridgehead atoms. The smallest absolute Gasteiger partial charge is 0.249 e. The molecule has 92 valence electrons. The van der Waals surface area contributed by atoms with Crippen molar-refractivity contribution in [1.82, 2.24) is 0 Å². The van der Waals surface area contributed by atoms with Gasteiger partial charge in [0, 0.05) is 0 Å². The Bertz CT molecular complexity index is 529. The van der Waals surface area contributed by atoms with Gasteiger partial charge in [0.15, 0.2) is 5.25 Å². The minimum Gasteiger partial charge on any atom is -0.279 e. The van der Waals surface area contributed by atoms with E-state index in [-0.39, 0.29) is 12.1 Å². The Balaban J connectivity index is 3.12. The summed E-state index contributed by atoms with van der Waals surface area (Å²) in [4.78, 5) is 0. The van der Waals surface area contributed by atoms with Crippen molar-refractivity contribution in [2.24, 2.45) is 0 Å². The Hall–Kier alpha value is -1.61. The topological polar surface area (TPSA) is 70.0 Å². The molecule has 0 radical (unpaired) electrons. The molecule has 1 atom stereocenters. The fourth-order valence-electron chi connectivity index (χ4n) is 1.35. The van der Waals surface area contributed by atoms with Gasteiger partial charge in [0.2, 0.25) is 10.0 Å². The first-order valence-corrected chi connectivity index (χ1v) is 6.63. The molecule has 6 heteroatoms. The van der Waals surface area contributed by atoms with Gasteiger partial charge >= 0.3 is 0 Å². The van der Waals surface area contributed by atoms with Crippen molar-refractivity contribution in [3.8, 4) is 6.07 Å². The zero-order chi connectivity index (χ0) is 13.1. The van der Waals surface area contributed by atoms with Crippen LogP contribution in [-0.4, -0.2) is 13.7 Å². The van der Waals surface area contributed by atoms with Gasteiger partial charge < -0.3 is 0 Å². The average Bonchev–Trinajstić information content (AvgIpc) is 2.25. The van der Waals surface area contributed by atoms with Crippen molar-refractivity contribution in [1.29, 1.82) is 5.26 Å². The van der Waals surface area contributed by atoms with Crippen LogP contribution in [0.1, 0.15) is 18.9 Å². The number of anilines is 1. The van der Waals surface area contributed by atoms with Crippen molar-refractivity contribution in [3.63, 3.8) is 0 Å².